The van der Waals surface area contributed by atoms with Gasteiger partial charge >= 0.3 is 0 Å². The summed E-state index contributed by atoms with van der Waals surface area (Å²) < 4.78 is 24.4. The number of hydrogen-bond acceptors (Lipinski definition) is 3. The SMILES string of the molecule is COc1cccc(Oc2cc(F)ccc2Br)c1N. The average molecular weight is 312 g/mol. The lowest BCUT2D eigenvalue weighted by Gasteiger charge is -2.12. The fraction of sp³-hybridized carbons (Fsp3) is 0.0769. The van der Waals surface area contributed by atoms with Gasteiger partial charge in [0.2, 0.25) is 0 Å². The third-order valence-corrected chi connectivity index (χ3v) is 3.01. The molecule has 0 aromatic heterocycles. The standard InChI is InChI=1S/C13H11BrFNO2/c1-17-10-3-2-4-11(13(10)16)18-12-7-8(15)5-6-9(12)14/h2-7H,16H2,1H3. The van der Waals surface area contributed by atoms with Gasteiger partial charge in [-0.2, -0.15) is 0 Å². The molecule has 18 heavy (non-hydrogen) atoms. The molecule has 2 aromatic rings. The van der Waals surface area contributed by atoms with E-state index in [9.17, 15) is 4.39 Å². The van der Waals surface area contributed by atoms with Crippen LogP contribution in [0.4, 0.5) is 10.1 Å². The van der Waals surface area contributed by atoms with Crippen molar-refractivity contribution in [2.24, 2.45) is 0 Å². The first-order valence-corrected chi connectivity index (χ1v) is 5.96. The van der Waals surface area contributed by atoms with Crippen molar-refractivity contribution >= 4 is 21.6 Å². The number of rotatable bonds is 3. The van der Waals surface area contributed by atoms with Gasteiger partial charge in [-0.25, -0.2) is 4.39 Å². The van der Waals surface area contributed by atoms with E-state index < -0.39 is 0 Å². The van der Waals surface area contributed by atoms with Crippen LogP contribution in [0.25, 0.3) is 0 Å². The third kappa shape index (κ3) is 2.56. The van der Waals surface area contributed by atoms with E-state index in [-0.39, 0.29) is 5.82 Å². The zero-order chi connectivity index (χ0) is 13.1. The summed E-state index contributed by atoms with van der Waals surface area (Å²) in [6.07, 6.45) is 0. The molecule has 3 nitrogen and oxygen atoms in total. The summed E-state index contributed by atoms with van der Waals surface area (Å²) in [5.41, 5.74) is 6.24. The van der Waals surface area contributed by atoms with Crippen LogP contribution >= 0.6 is 15.9 Å². The van der Waals surface area contributed by atoms with Crippen LogP contribution in [0.1, 0.15) is 0 Å². The van der Waals surface area contributed by atoms with Crippen molar-refractivity contribution in [3.05, 3.63) is 46.7 Å². The van der Waals surface area contributed by atoms with Crippen molar-refractivity contribution in [3.63, 3.8) is 0 Å². The molecule has 0 fully saturated rings. The van der Waals surface area contributed by atoms with E-state index in [0.29, 0.717) is 27.4 Å². The van der Waals surface area contributed by atoms with Gasteiger partial charge in [0.1, 0.15) is 23.0 Å². The van der Waals surface area contributed by atoms with E-state index in [0.717, 1.165) is 0 Å². The maximum absolute atomic E-state index is 13.1. The van der Waals surface area contributed by atoms with Crippen LogP contribution < -0.4 is 15.2 Å². The lowest BCUT2D eigenvalue weighted by Crippen LogP contribution is -1.96. The van der Waals surface area contributed by atoms with Gasteiger partial charge < -0.3 is 15.2 Å². The van der Waals surface area contributed by atoms with Crippen molar-refractivity contribution in [1.82, 2.24) is 0 Å². The maximum Gasteiger partial charge on any atom is 0.154 e. The van der Waals surface area contributed by atoms with Gasteiger partial charge in [0.15, 0.2) is 5.75 Å². The predicted octanol–water partition coefficient (Wildman–Crippen LogP) is 3.97. The molecule has 0 unspecified atom stereocenters. The van der Waals surface area contributed by atoms with Crippen LogP contribution in [0.5, 0.6) is 17.2 Å². The Morgan fingerprint density at radius 1 is 1.11 bits per heavy atom. The smallest absolute Gasteiger partial charge is 0.154 e. The van der Waals surface area contributed by atoms with Crippen LogP contribution in [-0.2, 0) is 0 Å². The minimum atomic E-state index is -0.380. The topological polar surface area (TPSA) is 44.5 Å². The van der Waals surface area contributed by atoms with Crippen molar-refractivity contribution in [2.45, 2.75) is 0 Å². The molecule has 0 amide bonds. The van der Waals surface area contributed by atoms with Gasteiger partial charge in [0.05, 0.1) is 11.6 Å². The second-order valence-electron chi connectivity index (χ2n) is 3.55. The summed E-state index contributed by atoms with van der Waals surface area (Å²) in [4.78, 5) is 0. The highest BCUT2D eigenvalue weighted by Crippen LogP contribution is 2.37. The van der Waals surface area contributed by atoms with Gasteiger partial charge in [0, 0.05) is 6.07 Å². The summed E-state index contributed by atoms with van der Waals surface area (Å²) in [6.45, 7) is 0. The molecule has 0 aliphatic rings. The number of nitrogens with two attached hydrogens (primary N) is 1. The Hall–Kier alpha value is -1.75. The zero-order valence-corrected chi connectivity index (χ0v) is 11.2. The first-order valence-electron chi connectivity index (χ1n) is 5.17. The van der Waals surface area contributed by atoms with Crippen LogP contribution in [-0.4, -0.2) is 7.11 Å². The van der Waals surface area contributed by atoms with E-state index in [2.05, 4.69) is 15.9 Å². The second-order valence-corrected chi connectivity index (χ2v) is 4.40. The van der Waals surface area contributed by atoms with Crippen LogP contribution in [0.15, 0.2) is 40.9 Å². The molecule has 0 spiro atoms. The molecule has 0 atom stereocenters. The minimum absolute atomic E-state index is 0.356. The number of halogens is 2. The summed E-state index contributed by atoms with van der Waals surface area (Å²) in [6, 6.07) is 9.35. The summed E-state index contributed by atoms with van der Waals surface area (Å²) >= 11 is 3.28. The van der Waals surface area contributed by atoms with Gasteiger partial charge in [-0.3, -0.25) is 0 Å². The monoisotopic (exact) mass is 311 g/mol. The Morgan fingerprint density at radius 2 is 1.83 bits per heavy atom. The molecular weight excluding hydrogens is 301 g/mol. The number of benzene rings is 2. The fourth-order valence-corrected chi connectivity index (χ4v) is 1.79. The predicted molar refractivity (Wildman–Crippen MR) is 71.6 cm³/mol. The van der Waals surface area contributed by atoms with Gasteiger partial charge in [-0.05, 0) is 40.2 Å². The zero-order valence-electron chi connectivity index (χ0n) is 9.61. The normalized spacial score (nSPS) is 10.2. The molecule has 0 aliphatic carbocycles. The van der Waals surface area contributed by atoms with E-state index in [1.807, 2.05) is 0 Å². The molecule has 0 radical (unpaired) electrons. The maximum atomic E-state index is 13.1. The Kier molecular flexibility index (Phi) is 3.72. The molecule has 2 aromatic carbocycles. The third-order valence-electron chi connectivity index (χ3n) is 2.36. The average Bonchev–Trinajstić information content (AvgIpc) is 2.36. The Balaban J connectivity index is 2.37. The van der Waals surface area contributed by atoms with Crippen LogP contribution in [0, 0.1) is 5.82 Å². The number of para-hydroxylation sites is 1. The van der Waals surface area contributed by atoms with E-state index in [4.69, 9.17) is 15.2 Å². The van der Waals surface area contributed by atoms with Gasteiger partial charge in [0.25, 0.3) is 0 Å². The van der Waals surface area contributed by atoms with Crippen molar-refractivity contribution < 1.29 is 13.9 Å². The molecule has 0 aliphatic heterocycles. The summed E-state index contributed by atoms with van der Waals surface area (Å²) in [7, 11) is 1.52. The van der Waals surface area contributed by atoms with Gasteiger partial charge in [-0.15, -0.1) is 0 Å². The Bertz CT molecular complexity index is 575. The highest BCUT2D eigenvalue weighted by Gasteiger charge is 2.10. The fourth-order valence-electron chi connectivity index (χ4n) is 1.46. The summed E-state index contributed by atoms with van der Waals surface area (Å²) in [5, 5.41) is 0. The molecular formula is C13H11BrFNO2. The summed E-state index contributed by atoms with van der Waals surface area (Å²) in [5.74, 6) is 0.908. The lowest BCUT2D eigenvalue weighted by molar-refractivity contribution is 0.412. The quantitative estimate of drug-likeness (QED) is 0.872. The Morgan fingerprint density at radius 3 is 2.56 bits per heavy atom. The molecule has 2 rings (SSSR count). The molecule has 94 valence electrons. The van der Waals surface area contributed by atoms with E-state index >= 15 is 0 Å². The van der Waals surface area contributed by atoms with Crippen molar-refractivity contribution in [3.8, 4) is 17.2 Å². The molecule has 5 heteroatoms. The number of anilines is 1. The van der Waals surface area contributed by atoms with Crippen LogP contribution in [0.2, 0.25) is 0 Å². The van der Waals surface area contributed by atoms with Crippen molar-refractivity contribution in [2.75, 3.05) is 12.8 Å². The van der Waals surface area contributed by atoms with E-state index in [1.165, 1.54) is 19.2 Å². The highest BCUT2D eigenvalue weighted by atomic mass is 79.9. The number of methoxy groups -OCH3 is 1. The second kappa shape index (κ2) is 5.27. The minimum Gasteiger partial charge on any atom is -0.494 e. The van der Waals surface area contributed by atoms with E-state index in [1.54, 1.807) is 24.3 Å². The number of ether oxygens (including phenoxy) is 2. The van der Waals surface area contributed by atoms with Crippen molar-refractivity contribution in [1.29, 1.82) is 0 Å². The van der Waals surface area contributed by atoms with Gasteiger partial charge in [-0.1, -0.05) is 6.07 Å². The first kappa shape index (κ1) is 12.7. The number of nitrogen functional groups attached to an aromatic ring is 1. The molecule has 0 heterocycles. The highest BCUT2D eigenvalue weighted by molar-refractivity contribution is 9.10. The molecule has 2 N–H and O–H groups in total. The lowest BCUT2D eigenvalue weighted by atomic mass is 10.2. The first-order chi connectivity index (χ1) is 8.61. The number of hydrogen-bond donors (Lipinski definition) is 1. The Labute approximate surface area is 112 Å². The molecule has 0 saturated carbocycles. The molecule has 0 saturated heterocycles. The molecule has 0 bridgehead atoms. The van der Waals surface area contributed by atoms with Crippen LogP contribution in [0.3, 0.4) is 0 Å². The largest absolute Gasteiger partial charge is 0.494 e.